The molecule has 1 aliphatic rings. The standard InChI is InChI=1S/C17H16N2O2/c1-12-5-4-6-13(9-12)10-14-11-16(20)19(17(14)21)15-7-2-3-8-18-15/h2-9,14H,10-11H2,1H3/t14-/m0/s1. The highest BCUT2D eigenvalue weighted by atomic mass is 16.2. The minimum atomic E-state index is -0.290. The zero-order valence-corrected chi connectivity index (χ0v) is 11.8. The third kappa shape index (κ3) is 2.70. The Labute approximate surface area is 123 Å². The molecule has 4 heteroatoms. The third-order valence-corrected chi connectivity index (χ3v) is 3.68. The van der Waals surface area contributed by atoms with Crippen LogP contribution in [0.4, 0.5) is 5.82 Å². The van der Waals surface area contributed by atoms with Gasteiger partial charge in [-0.2, -0.15) is 0 Å². The average Bonchev–Trinajstić information content (AvgIpc) is 2.74. The first-order valence-electron chi connectivity index (χ1n) is 6.98. The van der Waals surface area contributed by atoms with Gasteiger partial charge in [-0.05, 0) is 31.0 Å². The topological polar surface area (TPSA) is 50.3 Å². The lowest BCUT2D eigenvalue weighted by Crippen LogP contribution is -2.31. The number of pyridine rings is 1. The number of rotatable bonds is 3. The van der Waals surface area contributed by atoms with Gasteiger partial charge in [0.15, 0.2) is 0 Å². The lowest BCUT2D eigenvalue weighted by atomic mass is 9.97. The third-order valence-electron chi connectivity index (χ3n) is 3.68. The molecule has 21 heavy (non-hydrogen) atoms. The molecule has 0 radical (unpaired) electrons. The predicted octanol–water partition coefficient (Wildman–Crippen LogP) is 2.51. The minimum absolute atomic E-state index is 0.153. The van der Waals surface area contributed by atoms with E-state index in [0.29, 0.717) is 12.2 Å². The lowest BCUT2D eigenvalue weighted by molar-refractivity contribution is -0.122. The molecule has 0 unspecified atom stereocenters. The van der Waals surface area contributed by atoms with E-state index in [1.165, 1.54) is 4.90 Å². The Morgan fingerprint density at radius 3 is 2.76 bits per heavy atom. The van der Waals surface area contributed by atoms with Crippen molar-refractivity contribution in [3.05, 3.63) is 59.8 Å². The highest BCUT2D eigenvalue weighted by Crippen LogP contribution is 2.27. The van der Waals surface area contributed by atoms with Gasteiger partial charge in [0.1, 0.15) is 5.82 Å². The Morgan fingerprint density at radius 1 is 1.19 bits per heavy atom. The zero-order chi connectivity index (χ0) is 14.8. The molecular weight excluding hydrogens is 264 g/mol. The van der Waals surface area contributed by atoms with E-state index in [0.717, 1.165) is 11.1 Å². The summed E-state index contributed by atoms with van der Waals surface area (Å²) in [4.78, 5) is 29.9. The van der Waals surface area contributed by atoms with E-state index >= 15 is 0 Å². The number of carbonyl (C=O) groups is 2. The second-order valence-corrected chi connectivity index (χ2v) is 5.35. The lowest BCUT2D eigenvalue weighted by Gasteiger charge is -2.13. The minimum Gasteiger partial charge on any atom is -0.274 e. The van der Waals surface area contributed by atoms with Gasteiger partial charge in [-0.15, -0.1) is 0 Å². The molecule has 0 N–H and O–H groups in total. The molecular formula is C17H16N2O2. The first kappa shape index (κ1) is 13.5. The Bertz CT molecular complexity index is 682. The van der Waals surface area contributed by atoms with Crippen LogP contribution in [-0.4, -0.2) is 16.8 Å². The Balaban J connectivity index is 1.81. The highest BCUT2D eigenvalue weighted by Gasteiger charge is 2.39. The van der Waals surface area contributed by atoms with Gasteiger partial charge in [0.05, 0.1) is 5.92 Å². The van der Waals surface area contributed by atoms with Gasteiger partial charge in [0, 0.05) is 12.6 Å². The second-order valence-electron chi connectivity index (χ2n) is 5.35. The first-order valence-corrected chi connectivity index (χ1v) is 6.98. The number of aryl methyl sites for hydroxylation is 1. The number of hydrogen-bond donors (Lipinski definition) is 0. The molecule has 2 heterocycles. The molecule has 4 nitrogen and oxygen atoms in total. The number of carbonyl (C=O) groups excluding carboxylic acids is 2. The molecule has 2 amide bonds. The van der Waals surface area contributed by atoms with Gasteiger partial charge in [-0.1, -0.05) is 35.9 Å². The number of aromatic nitrogens is 1. The number of nitrogens with zero attached hydrogens (tertiary/aromatic N) is 2. The highest BCUT2D eigenvalue weighted by molar-refractivity contribution is 6.20. The quantitative estimate of drug-likeness (QED) is 0.812. The largest absolute Gasteiger partial charge is 0.274 e. The van der Waals surface area contributed by atoms with Crippen molar-refractivity contribution in [1.82, 2.24) is 4.98 Å². The van der Waals surface area contributed by atoms with Crippen molar-refractivity contribution in [2.45, 2.75) is 19.8 Å². The Kier molecular flexibility index (Phi) is 3.52. The summed E-state index contributed by atoms with van der Waals surface area (Å²) in [6, 6.07) is 13.3. The van der Waals surface area contributed by atoms with Crippen LogP contribution >= 0.6 is 0 Å². The summed E-state index contributed by atoms with van der Waals surface area (Å²) in [7, 11) is 0. The van der Waals surface area contributed by atoms with Gasteiger partial charge in [0.2, 0.25) is 11.8 Å². The van der Waals surface area contributed by atoms with Crippen LogP contribution in [0, 0.1) is 12.8 Å². The molecule has 1 aromatic heterocycles. The predicted molar refractivity (Wildman–Crippen MR) is 79.7 cm³/mol. The summed E-state index contributed by atoms with van der Waals surface area (Å²) in [5.74, 6) is -0.197. The summed E-state index contributed by atoms with van der Waals surface area (Å²) in [5.41, 5.74) is 2.25. The summed E-state index contributed by atoms with van der Waals surface area (Å²) >= 11 is 0. The monoisotopic (exact) mass is 280 g/mol. The SMILES string of the molecule is Cc1cccc(C[C@H]2CC(=O)N(c3ccccn3)C2=O)c1. The van der Waals surface area contributed by atoms with Crippen LogP contribution < -0.4 is 4.90 Å². The molecule has 106 valence electrons. The van der Waals surface area contributed by atoms with Crippen LogP contribution in [0.25, 0.3) is 0 Å². The first-order chi connectivity index (χ1) is 10.1. The molecule has 0 aliphatic carbocycles. The van der Waals surface area contributed by atoms with Crippen molar-refractivity contribution in [2.75, 3.05) is 4.90 Å². The van der Waals surface area contributed by atoms with E-state index in [4.69, 9.17) is 0 Å². The van der Waals surface area contributed by atoms with Crippen molar-refractivity contribution in [1.29, 1.82) is 0 Å². The van der Waals surface area contributed by atoms with Crippen LogP contribution in [0.5, 0.6) is 0 Å². The van der Waals surface area contributed by atoms with Gasteiger partial charge in [-0.25, -0.2) is 9.88 Å². The number of anilines is 1. The second kappa shape index (κ2) is 5.48. The Hall–Kier alpha value is -2.49. The van der Waals surface area contributed by atoms with Crippen LogP contribution in [0.2, 0.25) is 0 Å². The Morgan fingerprint density at radius 2 is 2.05 bits per heavy atom. The number of imide groups is 1. The van der Waals surface area contributed by atoms with Crippen molar-refractivity contribution in [3.8, 4) is 0 Å². The molecule has 2 aromatic rings. The molecule has 1 saturated heterocycles. The molecule has 1 fully saturated rings. The summed E-state index contributed by atoms with van der Waals surface area (Å²) < 4.78 is 0. The van der Waals surface area contributed by atoms with Crippen molar-refractivity contribution < 1.29 is 9.59 Å². The van der Waals surface area contributed by atoms with Gasteiger partial charge in [0.25, 0.3) is 0 Å². The van der Waals surface area contributed by atoms with Gasteiger partial charge < -0.3 is 0 Å². The average molecular weight is 280 g/mol. The van der Waals surface area contributed by atoms with Gasteiger partial charge in [-0.3, -0.25) is 9.59 Å². The fourth-order valence-electron chi connectivity index (χ4n) is 2.70. The number of hydrogen-bond acceptors (Lipinski definition) is 3. The fourth-order valence-corrected chi connectivity index (χ4v) is 2.70. The van der Waals surface area contributed by atoms with E-state index < -0.39 is 0 Å². The van der Waals surface area contributed by atoms with E-state index in [9.17, 15) is 9.59 Å². The van der Waals surface area contributed by atoms with E-state index in [1.54, 1.807) is 24.4 Å². The number of benzene rings is 1. The maximum absolute atomic E-state index is 12.5. The van der Waals surface area contributed by atoms with Crippen molar-refractivity contribution in [3.63, 3.8) is 0 Å². The maximum atomic E-state index is 12.5. The van der Waals surface area contributed by atoms with Crippen LogP contribution in [-0.2, 0) is 16.0 Å². The van der Waals surface area contributed by atoms with Crippen LogP contribution in [0.1, 0.15) is 17.5 Å². The molecule has 1 aromatic carbocycles. The normalized spacial score (nSPS) is 18.3. The molecule has 1 aliphatic heterocycles. The molecule has 1 atom stereocenters. The fraction of sp³-hybridized carbons (Fsp3) is 0.235. The van der Waals surface area contributed by atoms with Crippen LogP contribution in [0.3, 0.4) is 0 Å². The summed E-state index contributed by atoms with van der Waals surface area (Å²) in [6.07, 6.45) is 2.43. The molecule has 0 spiro atoms. The summed E-state index contributed by atoms with van der Waals surface area (Å²) in [6.45, 7) is 2.02. The van der Waals surface area contributed by atoms with Gasteiger partial charge >= 0.3 is 0 Å². The zero-order valence-electron chi connectivity index (χ0n) is 11.8. The van der Waals surface area contributed by atoms with E-state index in [-0.39, 0.29) is 24.2 Å². The number of amides is 2. The van der Waals surface area contributed by atoms with Crippen molar-refractivity contribution >= 4 is 17.6 Å². The molecule has 0 bridgehead atoms. The van der Waals surface area contributed by atoms with Crippen LogP contribution in [0.15, 0.2) is 48.7 Å². The molecule has 0 saturated carbocycles. The molecule has 3 rings (SSSR count). The van der Waals surface area contributed by atoms with E-state index in [1.807, 2.05) is 25.1 Å². The van der Waals surface area contributed by atoms with Crippen molar-refractivity contribution in [2.24, 2.45) is 5.92 Å². The summed E-state index contributed by atoms with van der Waals surface area (Å²) in [5, 5.41) is 0. The smallest absolute Gasteiger partial charge is 0.238 e. The van der Waals surface area contributed by atoms with E-state index in [2.05, 4.69) is 11.1 Å². The maximum Gasteiger partial charge on any atom is 0.238 e.